The Hall–Kier alpha value is -3.19. The number of carbonyl (C=O) groups excluding carboxylic acids is 3. The largest absolute Gasteiger partial charge is 0.508 e. The number of aliphatic hydroxyl groups is 3. The molecule has 1 aromatic carbocycles. The number of benzene rings is 1. The number of aromatic hydroxyl groups is 1. The van der Waals surface area contributed by atoms with Gasteiger partial charge in [-0.25, -0.2) is 0 Å². The Balaban J connectivity index is 1.92. The second-order valence-electron chi connectivity index (χ2n) is 10.9. The van der Waals surface area contributed by atoms with E-state index in [1.165, 1.54) is 0 Å². The third kappa shape index (κ3) is 3.72. The number of hydrogen-bond donors (Lipinski definition) is 4. The molecule has 0 radical (unpaired) electrons. The minimum Gasteiger partial charge on any atom is -0.508 e. The Kier molecular flexibility index (Phi) is 6.50. The molecule has 1 aromatic rings. The summed E-state index contributed by atoms with van der Waals surface area (Å²) in [6.45, 7) is 11.0. The van der Waals surface area contributed by atoms with Gasteiger partial charge in [-0.1, -0.05) is 32.9 Å². The van der Waals surface area contributed by atoms with Gasteiger partial charge < -0.3 is 20.4 Å². The molecule has 1 unspecified atom stereocenters. The van der Waals surface area contributed by atoms with E-state index in [2.05, 4.69) is 6.58 Å². The molecule has 7 nitrogen and oxygen atoms in total. The topological polar surface area (TPSA) is 132 Å². The Morgan fingerprint density at radius 1 is 1.19 bits per heavy atom. The van der Waals surface area contributed by atoms with Gasteiger partial charge in [-0.15, -0.1) is 6.58 Å². The first kappa shape index (κ1) is 25.9. The van der Waals surface area contributed by atoms with Crippen molar-refractivity contribution in [3.8, 4) is 5.75 Å². The summed E-state index contributed by atoms with van der Waals surface area (Å²) < 4.78 is 0. The molecule has 0 spiro atoms. The molecule has 0 heterocycles. The van der Waals surface area contributed by atoms with Crippen molar-refractivity contribution in [2.24, 2.45) is 17.8 Å². The molecule has 36 heavy (non-hydrogen) atoms. The summed E-state index contributed by atoms with van der Waals surface area (Å²) in [5, 5.41) is 44.9. The molecule has 7 heteroatoms. The highest BCUT2D eigenvalue weighted by Gasteiger charge is 2.60. The van der Waals surface area contributed by atoms with Crippen LogP contribution in [0.15, 0.2) is 35.6 Å². The zero-order valence-corrected chi connectivity index (χ0v) is 21.2. The molecule has 192 valence electrons. The normalized spacial score (nSPS) is 26.5. The fourth-order valence-corrected chi connectivity index (χ4v) is 6.30. The Morgan fingerprint density at radius 2 is 1.86 bits per heavy atom. The highest BCUT2D eigenvalue weighted by atomic mass is 16.3. The van der Waals surface area contributed by atoms with Crippen LogP contribution in [0.3, 0.4) is 0 Å². The van der Waals surface area contributed by atoms with Crippen molar-refractivity contribution in [1.29, 1.82) is 0 Å². The van der Waals surface area contributed by atoms with Crippen molar-refractivity contribution in [2.75, 3.05) is 0 Å². The van der Waals surface area contributed by atoms with E-state index < -0.39 is 51.9 Å². The van der Waals surface area contributed by atoms with Crippen molar-refractivity contribution in [2.45, 2.75) is 71.3 Å². The average Bonchev–Trinajstić information content (AvgIpc) is 2.77. The molecule has 0 saturated heterocycles. The lowest BCUT2D eigenvalue weighted by atomic mass is 9.58. The summed E-state index contributed by atoms with van der Waals surface area (Å²) in [6, 6.07) is 1.97. The second-order valence-corrected chi connectivity index (χ2v) is 10.9. The average molecular weight is 495 g/mol. The number of phenols is 1. The van der Waals surface area contributed by atoms with Crippen LogP contribution in [0, 0.1) is 17.8 Å². The number of allylic oxidation sites excluding steroid dienone is 2. The summed E-state index contributed by atoms with van der Waals surface area (Å²) >= 11 is 0. The summed E-state index contributed by atoms with van der Waals surface area (Å²) in [7, 11) is 0. The van der Waals surface area contributed by atoms with Gasteiger partial charge in [-0.05, 0) is 67.1 Å². The van der Waals surface area contributed by atoms with Gasteiger partial charge in [0.25, 0.3) is 0 Å². The summed E-state index contributed by atoms with van der Waals surface area (Å²) in [5.74, 6) is -4.85. The highest BCUT2D eigenvalue weighted by molar-refractivity contribution is 6.23. The maximum atomic E-state index is 13.7. The molecule has 4 N–H and O–H groups in total. The first-order valence-electron chi connectivity index (χ1n) is 12.5. The van der Waals surface area contributed by atoms with E-state index in [9.17, 15) is 34.8 Å². The Labute approximate surface area is 210 Å². The van der Waals surface area contributed by atoms with E-state index in [-0.39, 0.29) is 41.6 Å². The lowest BCUT2D eigenvalue weighted by Gasteiger charge is -2.46. The van der Waals surface area contributed by atoms with Gasteiger partial charge in [0.1, 0.15) is 22.8 Å². The molecular weight excluding hydrogens is 460 g/mol. The number of hydrogen-bond acceptors (Lipinski definition) is 7. The van der Waals surface area contributed by atoms with Crippen LogP contribution in [0.4, 0.5) is 0 Å². The van der Waals surface area contributed by atoms with Gasteiger partial charge in [-0.3, -0.25) is 14.4 Å². The molecule has 1 saturated carbocycles. The van der Waals surface area contributed by atoms with Gasteiger partial charge in [0.15, 0.2) is 17.2 Å². The number of phenolic OH excluding ortho intramolecular Hbond substituents is 1. The van der Waals surface area contributed by atoms with Crippen LogP contribution in [0.1, 0.15) is 75.1 Å². The van der Waals surface area contributed by atoms with Crippen LogP contribution in [-0.2, 0) is 27.2 Å². The van der Waals surface area contributed by atoms with E-state index in [1.807, 2.05) is 32.9 Å². The molecular formula is C29H34O7. The lowest BCUT2D eigenvalue weighted by molar-refractivity contribution is -0.147. The van der Waals surface area contributed by atoms with E-state index in [1.54, 1.807) is 0 Å². The van der Waals surface area contributed by atoms with Gasteiger partial charge in [0.2, 0.25) is 5.78 Å². The van der Waals surface area contributed by atoms with Crippen LogP contribution < -0.4 is 0 Å². The standard InChI is InChI=1S/C29H34O7/c1-6-7-14(4)8-17-11-19(13(2)3)20-10-16-9-18-12-21(31)22(15(5)30)27(34)29(18,36)28(35)23(16)26(33)24(20)25(17)32/h6,11,13-14,16,18,32-34,36H,1,7-10,12H2,2-5H3/t14?,16-,18+,29-/m0/s1. The zero-order valence-electron chi connectivity index (χ0n) is 21.2. The molecule has 4 atom stereocenters. The van der Waals surface area contributed by atoms with Crippen LogP contribution in [0.2, 0.25) is 0 Å². The predicted molar refractivity (Wildman–Crippen MR) is 135 cm³/mol. The smallest absolute Gasteiger partial charge is 0.202 e. The Bertz CT molecular complexity index is 1250. The SMILES string of the molecule is C=CCC(C)Cc1cc(C(C)C)c2c(c1O)C(O)=C1C(=O)[C@@]3(O)C(O)=C(C(C)=O)C(=O)C[C@H]3C[C@H]1C2. The molecule has 1 fully saturated rings. The maximum Gasteiger partial charge on any atom is 0.202 e. The van der Waals surface area contributed by atoms with Crippen LogP contribution >= 0.6 is 0 Å². The molecule has 4 rings (SSSR count). The third-order valence-corrected chi connectivity index (χ3v) is 8.04. The fraction of sp³-hybridized carbons (Fsp3) is 0.483. The molecule has 3 aliphatic carbocycles. The van der Waals surface area contributed by atoms with Gasteiger partial charge in [0, 0.05) is 17.9 Å². The van der Waals surface area contributed by atoms with Crippen molar-refractivity contribution in [3.63, 3.8) is 0 Å². The van der Waals surface area contributed by atoms with Gasteiger partial charge in [0.05, 0.1) is 5.56 Å². The number of rotatable bonds is 6. The molecule has 0 aromatic heterocycles. The quantitative estimate of drug-likeness (QED) is 0.340. The summed E-state index contributed by atoms with van der Waals surface area (Å²) in [5.41, 5.74) is -0.569. The molecule has 0 aliphatic heterocycles. The van der Waals surface area contributed by atoms with E-state index in [4.69, 9.17) is 0 Å². The van der Waals surface area contributed by atoms with Crippen LogP contribution in [0.5, 0.6) is 5.75 Å². The minimum atomic E-state index is -2.47. The Morgan fingerprint density at radius 3 is 2.44 bits per heavy atom. The van der Waals surface area contributed by atoms with Gasteiger partial charge >= 0.3 is 0 Å². The first-order valence-corrected chi connectivity index (χ1v) is 12.5. The fourth-order valence-electron chi connectivity index (χ4n) is 6.30. The van der Waals surface area contributed by atoms with Crippen molar-refractivity contribution in [3.05, 3.63) is 57.9 Å². The van der Waals surface area contributed by atoms with Crippen molar-refractivity contribution >= 4 is 23.1 Å². The minimum absolute atomic E-state index is 0.0775. The highest BCUT2D eigenvalue weighted by Crippen LogP contribution is 2.53. The van der Waals surface area contributed by atoms with E-state index in [0.717, 1.165) is 24.5 Å². The van der Waals surface area contributed by atoms with Crippen molar-refractivity contribution in [1.82, 2.24) is 0 Å². The molecule has 0 amide bonds. The molecule has 0 bridgehead atoms. The first-order chi connectivity index (χ1) is 16.8. The van der Waals surface area contributed by atoms with E-state index >= 15 is 0 Å². The van der Waals surface area contributed by atoms with Crippen molar-refractivity contribution < 1.29 is 34.8 Å². The van der Waals surface area contributed by atoms with Gasteiger partial charge in [-0.2, -0.15) is 0 Å². The lowest BCUT2D eigenvalue weighted by Crippen LogP contribution is -2.57. The zero-order chi connectivity index (χ0) is 26.7. The molecule has 3 aliphatic rings. The maximum absolute atomic E-state index is 13.7. The number of fused-ring (bicyclic) bond motifs is 3. The second kappa shape index (κ2) is 9.04. The third-order valence-electron chi connectivity index (χ3n) is 8.04. The number of ketones is 3. The summed E-state index contributed by atoms with van der Waals surface area (Å²) in [4.78, 5) is 38.3. The number of aliphatic hydroxyl groups excluding tert-OH is 2. The predicted octanol–water partition coefficient (Wildman–Crippen LogP) is 4.41. The number of Topliss-reactive ketones (excluding diaryl/α,β-unsaturated/α-hetero) is 3. The van der Waals surface area contributed by atoms with Crippen LogP contribution in [-0.4, -0.2) is 43.4 Å². The summed E-state index contributed by atoms with van der Waals surface area (Å²) in [6.07, 6.45) is 3.37. The van der Waals surface area contributed by atoms with E-state index in [0.29, 0.717) is 18.4 Å². The monoisotopic (exact) mass is 494 g/mol. The van der Waals surface area contributed by atoms with Crippen LogP contribution in [0.25, 0.3) is 5.76 Å². The number of carbonyl (C=O) groups is 3.